The molecule has 0 bridgehead atoms. The standard InChI is InChI=1S/C9H16N2O5/c1-9(2,4-10)8(16)11-5(7(14)15)3-6(12)13/h5H,3-4,10H2,1-2H3,(H,11,16)(H,12,13)(H,14,15). The fraction of sp³-hybridized carbons (Fsp3) is 0.667. The van der Waals surface area contributed by atoms with Crippen molar-refractivity contribution in [2.45, 2.75) is 26.3 Å². The lowest BCUT2D eigenvalue weighted by Crippen LogP contribution is -2.49. The molecule has 0 rings (SSSR count). The van der Waals surface area contributed by atoms with Crippen molar-refractivity contribution in [3.8, 4) is 0 Å². The van der Waals surface area contributed by atoms with Gasteiger partial charge in [-0.05, 0) is 13.8 Å². The molecule has 0 radical (unpaired) electrons. The van der Waals surface area contributed by atoms with Crippen LogP contribution in [0.2, 0.25) is 0 Å². The number of nitrogens with one attached hydrogen (secondary N) is 1. The maximum atomic E-state index is 11.5. The number of rotatable bonds is 6. The van der Waals surface area contributed by atoms with Crippen molar-refractivity contribution >= 4 is 17.8 Å². The third-order valence-corrected chi connectivity index (χ3v) is 2.11. The summed E-state index contributed by atoms with van der Waals surface area (Å²) in [7, 11) is 0. The van der Waals surface area contributed by atoms with Gasteiger partial charge in [0.05, 0.1) is 11.8 Å². The number of aliphatic carboxylic acids is 2. The molecule has 0 aromatic rings. The predicted octanol–water partition coefficient (Wildman–Crippen LogP) is -0.985. The molecule has 0 aliphatic rings. The van der Waals surface area contributed by atoms with E-state index in [1.165, 1.54) is 0 Å². The average molecular weight is 232 g/mol. The molecule has 0 spiro atoms. The number of nitrogens with two attached hydrogens (primary N) is 1. The second kappa shape index (κ2) is 5.45. The van der Waals surface area contributed by atoms with Crippen molar-refractivity contribution in [3.63, 3.8) is 0 Å². The molecule has 16 heavy (non-hydrogen) atoms. The largest absolute Gasteiger partial charge is 0.481 e. The molecule has 1 amide bonds. The summed E-state index contributed by atoms with van der Waals surface area (Å²) in [5.74, 6) is -3.26. The van der Waals surface area contributed by atoms with Crippen molar-refractivity contribution in [1.29, 1.82) is 0 Å². The third-order valence-electron chi connectivity index (χ3n) is 2.11. The Morgan fingerprint density at radius 3 is 2.12 bits per heavy atom. The Balaban J connectivity index is 4.58. The smallest absolute Gasteiger partial charge is 0.326 e. The Morgan fingerprint density at radius 1 is 1.31 bits per heavy atom. The SMILES string of the molecule is CC(C)(CN)C(=O)NC(CC(=O)O)C(=O)O. The van der Waals surface area contributed by atoms with Gasteiger partial charge in [0.1, 0.15) is 6.04 Å². The first-order chi connectivity index (χ1) is 7.20. The van der Waals surface area contributed by atoms with Crippen LogP contribution in [-0.2, 0) is 14.4 Å². The fourth-order valence-corrected chi connectivity index (χ4v) is 0.821. The van der Waals surface area contributed by atoms with E-state index < -0.39 is 35.7 Å². The van der Waals surface area contributed by atoms with Crippen LogP contribution in [0.15, 0.2) is 0 Å². The topological polar surface area (TPSA) is 130 Å². The van der Waals surface area contributed by atoms with Gasteiger partial charge in [-0.3, -0.25) is 9.59 Å². The van der Waals surface area contributed by atoms with Crippen molar-refractivity contribution < 1.29 is 24.6 Å². The second-order valence-electron chi connectivity index (χ2n) is 4.05. The highest BCUT2D eigenvalue weighted by molar-refractivity contribution is 5.89. The summed E-state index contributed by atoms with van der Waals surface area (Å²) in [5.41, 5.74) is 4.41. The van der Waals surface area contributed by atoms with E-state index in [9.17, 15) is 14.4 Å². The van der Waals surface area contributed by atoms with Crippen LogP contribution in [0.3, 0.4) is 0 Å². The molecule has 0 saturated carbocycles. The van der Waals surface area contributed by atoms with E-state index in [-0.39, 0.29) is 6.54 Å². The highest BCUT2D eigenvalue weighted by Gasteiger charge is 2.31. The van der Waals surface area contributed by atoms with Gasteiger partial charge in [-0.25, -0.2) is 4.79 Å². The normalized spacial score (nSPS) is 12.9. The molecule has 0 fully saturated rings. The lowest BCUT2D eigenvalue weighted by Gasteiger charge is -2.23. The zero-order valence-corrected chi connectivity index (χ0v) is 9.19. The quantitative estimate of drug-likeness (QED) is 0.465. The van der Waals surface area contributed by atoms with Gasteiger partial charge in [0.2, 0.25) is 5.91 Å². The summed E-state index contributed by atoms with van der Waals surface area (Å²) in [6.45, 7) is 3.13. The number of carbonyl (C=O) groups excluding carboxylic acids is 1. The Bertz CT molecular complexity index is 300. The van der Waals surface area contributed by atoms with E-state index >= 15 is 0 Å². The van der Waals surface area contributed by atoms with Gasteiger partial charge in [-0.15, -0.1) is 0 Å². The molecular formula is C9H16N2O5. The van der Waals surface area contributed by atoms with Crippen LogP contribution in [-0.4, -0.2) is 40.6 Å². The van der Waals surface area contributed by atoms with Crippen LogP contribution in [0.25, 0.3) is 0 Å². The van der Waals surface area contributed by atoms with Crippen molar-refractivity contribution in [1.82, 2.24) is 5.32 Å². The van der Waals surface area contributed by atoms with Crippen molar-refractivity contribution in [2.24, 2.45) is 11.1 Å². The summed E-state index contributed by atoms with van der Waals surface area (Å²) in [6, 6.07) is -1.43. The van der Waals surface area contributed by atoms with E-state index in [4.69, 9.17) is 15.9 Å². The molecule has 7 heteroatoms. The minimum atomic E-state index is -1.43. The average Bonchev–Trinajstić information content (AvgIpc) is 2.15. The molecule has 0 saturated heterocycles. The maximum Gasteiger partial charge on any atom is 0.326 e. The van der Waals surface area contributed by atoms with E-state index in [1.54, 1.807) is 13.8 Å². The van der Waals surface area contributed by atoms with Gasteiger partial charge in [0, 0.05) is 6.54 Å². The maximum absolute atomic E-state index is 11.5. The molecule has 1 unspecified atom stereocenters. The monoisotopic (exact) mass is 232 g/mol. The molecule has 0 aromatic heterocycles. The van der Waals surface area contributed by atoms with Crippen LogP contribution in [0.4, 0.5) is 0 Å². The van der Waals surface area contributed by atoms with Gasteiger partial charge in [0.15, 0.2) is 0 Å². The summed E-state index contributed by atoms with van der Waals surface area (Å²) in [5, 5.41) is 19.3. The molecule has 0 heterocycles. The lowest BCUT2D eigenvalue weighted by atomic mass is 9.92. The number of hydrogen-bond acceptors (Lipinski definition) is 4. The molecular weight excluding hydrogens is 216 g/mol. The lowest BCUT2D eigenvalue weighted by molar-refractivity contribution is -0.148. The summed E-state index contributed by atoms with van der Waals surface area (Å²) in [4.78, 5) is 32.6. The minimum Gasteiger partial charge on any atom is -0.481 e. The van der Waals surface area contributed by atoms with Crippen LogP contribution in [0.1, 0.15) is 20.3 Å². The van der Waals surface area contributed by atoms with Crippen LogP contribution >= 0.6 is 0 Å². The number of amides is 1. The van der Waals surface area contributed by atoms with Gasteiger partial charge >= 0.3 is 11.9 Å². The first-order valence-corrected chi connectivity index (χ1v) is 4.66. The van der Waals surface area contributed by atoms with Gasteiger partial charge < -0.3 is 21.3 Å². The highest BCUT2D eigenvalue weighted by Crippen LogP contribution is 2.13. The summed E-state index contributed by atoms with van der Waals surface area (Å²) in [6.07, 6.45) is -0.665. The molecule has 5 N–H and O–H groups in total. The number of carbonyl (C=O) groups is 3. The Morgan fingerprint density at radius 2 is 1.81 bits per heavy atom. The zero-order valence-electron chi connectivity index (χ0n) is 9.19. The molecule has 0 aromatic carbocycles. The van der Waals surface area contributed by atoms with E-state index in [1.807, 2.05) is 0 Å². The Labute approximate surface area is 92.6 Å². The van der Waals surface area contributed by atoms with Gasteiger partial charge in [-0.2, -0.15) is 0 Å². The minimum absolute atomic E-state index is 0.0399. The van der Waals surface area contributed by atoms with Gasteiger partial charge in [-0.1, -0.05) is 0 Å². The molecule has 1 atom stereocenters. The predicted molar refractivity (Wildman–Crippen MR) is 54.7 cm³/mol. The first kappa shape index (κ1) is 14.4. The van der Waals surface area contributed by atoms with Crippen LogP contribution in [0, 0.1) is 5.41 Å². The van der Waals surface area contributed by atoms with Crippen molar-refractivity contribution in [2.75, 3.05) is 6.54 Å². The van der Waals surface area contributed by atoms with Crippen molar-refractivity contribution in [3.05, 3.63) is 0 Å². The van der Waals surface area contributed by atoms with Crippen LogP contribution < -0.4 is 11.1 Å². The molecule has 7 nitrogen and oxygen atoms in total. The van der Waals surface area contributed by atoms with Gasteiger partial charge in [0.25, 0.3) is 0 Å². The Kier molecular flexibility index (Phi) is 4.90. The molecule has 0 aliphatic heterocycles. The van der Waals surface area contributed by atoms with E-state index in [0.717, 1.165) is 0 Å². The zero-order chi connectivity index (χ0) is 12.9. The number of hydrogen-bond donors (Lipinski definition) is 4. The summed E-state index contributed by atoms with van der Waals surface area (Å²) >= 11 is 0. The van der Waals surface area contributed by atoms with E-state index in [0.29, 0.717) is 0 Å². The van der Waals surface area contributed by atoms with E-state index in [2.05, 4.69) is 5.32 Å². The summed E-state index contributed by atoms with van der Waals surface area (Å²) < 4.78 is 0. The number of carboxylic acids is 2. The highest BCUT2D eigenvalue weighted by atomic mass is 16.4. The third kappa shape index (κ3) is 4.26. The first-order valence-electron chi connectivity index (χ1n) is 4.66. The molecule has 0 aliphatic carbocycles. The second-order valence-corrected chi connectivity index (χ2v) is 4.05. The fourth-order valence-electron chi connectivity index (χ4n) is 0.821. The number of carboxylic acid groups (broad SMARTS) is 2. The molecule has 92 valence electrons. The van der Waals surface area contributed by atoms with Crippen LogP contribution in [0.5, 0.6) is 0 Å². The Hall–Kier alpha value is -1.63.